The number of hydrogen-bond donors (Lipinski definition) is 1. The molecular formula is C28H33BrN4O10S2. The van der Waals surface area contributed by atoms with Crippen LogP contribution in [-0.4, -0.2) is 56.6 Å². The number of ether oxygens (including phenoxy) is 2. The van der Waals surface area contributed by atoms with Gasteiger partial charge in [-0.2, -0.15) is 12.6 Å². The summed E-state index contributed by atoms with van der Waals surface area (Å²) in [5, 5.41) is 22.6. The lowest BCUT2D eigenvalue weighted by Gasteiger charge is -2.08. The van der Waals surface area contributed by atoms with Crippen LogP contribution in [0.2, 0.25) is 0 Å². The molecule has 0 aliphatic heterocycles. The van der Waals surface area contributed by atoms with Crippen molar-refractivity contribution in [3.63, 3.8) is 0 Å². The Balaban J connectivity index is 0.000000718. The molecule has 17 heteroatoms. The van der Waals surface area contributed by atoms with Crippen molar-refractivity contribution < 1.29 is 28.9 Å². The van der Waals surface area contributed by atoms with Crippen molar-refractivity contribution in [2.45, 2.75) is 19.7 Å². The lowest BCUT2D eigenvalue weighted by Crippen LogP contribution is -2.19. The first-order valence-corrected chi connectivity index (χ1v) is 14.3. The van der Waals surface area contributed by atoms with Gasteiger partial charge in [0.25, 0.3) is 22.5 Å². The third-order valence-corrected chi connectivity index (χ3v) is 7.50. The third kappa shape index (κ3) is 10.7. The van der Waals surface area contributed by atoms with Gasteiger partial charge in [-0.05, 0) is 40.2 Å². The number of aryl methyl sites for hydroxylation is 2. The van der Waals surface area contributed by atoms with Crippen LogP contribution in [0.4, 0.5) is 11.4 Å². The third-order valence-electron chi connectivity index (χ3n) is 5.69. The number of nitro benzene ring substituents is 2. The normalized spacial score (nSPS) is 9.73. The number of nitrogens with zero attached hydrogens (tertiary/aromatic N) is 4. The first-order valence-electron chi connectivity index (χ1n) is 11.8. The minimum atomic E-state index is -0.494. The number of nitro groups is 2. The Bertz CT molecular complexity index is 1820. The Morgan fingerprint density at radius 2 is 1.27 bits per heavy atom. The van der Waals surface area contributed by atoms with Crippen molar-refractivity contribution in [3.05, 3.63) is 93.9 Å². The number of esters is 2. The fourth-order valence-electron chi connectivity index (χ4n) is 3.46. The molecule has 0 fully saturated rings. The zero-order chi connectivity index (χ0) is 32.4. The number of thioether (sulfide) groups is 1. The van der Waals surface area contributed by atoms with Gasteiger partial charge in [0.15, 0.2) is 0 Å². The van der Waals surface area contributed by atoms with Crippen LogP contribution in [0.1, 0.15) is 14.9 Å². The number of halogens is 1. The molecule has 244 valence electrons. The lowest BCUT2D eigenvalue weighted by molar-refractivity contribution is -0.384. The topological polar surface area (TPSA) is 183 Å². The number of carbonyl (C=O) groups is 2. The smallest absolute Gasteiger partial charge is 0.315 e. The van der Waals surface area contributed by atoms with Crippen LogP contribution < -0.4 is 11.1 Å². The Labute approximate surface area is 276 Å². The number of hydrogen-bond acceptors (Lipinski definition) is 12. The molecule has 4 aromatic rings. The van der Waals surface area contributed by atoms with Gasteiger partial charge in [-0.1, -0.05) is 14.9 Å². The summed E-state index contributed by atoms with van der Waals surface area (Å²) in [4.78, 5) is 65.6. The van der Waals surface area contributed by atoms with Crippen LogP contribution >= 0.6 is 40.3 Å². The molecular weight excluding hydrogens is 696 g/mol. The van der Waals surface area contributed by atoms with E-state index in [4.69, 9.17) is 0 Å². The van der Waals surface area contributed by atoms with E-state index in [1.54, 1.807) is 32.3 Å². The second-order valence-corrected chi connectivity index (χ2v) is 10.5. The number of pyridine rings is 2. The molecule has 45 heavy (non-hydrogen) atoms. The number of benzene rings is 2. The molecule has 4 rings (SSSR count). The molecule has 2 aromatic carbocycles. The van der Waals surface area contributed by atoms with E-state index in [-0.39, 0.29) is 54.8 Å². The highest BCUT2D eigenvalue weighted by atomic mass is 79.9. The summed E-state index contributed by atoms with van der Waals surface area (Å²) >= 11 is 7.79. The van der Waals surface area contributed by atoms with Crippen LogP contribution in [0.5, 0.6) is 0 Å². The minimum Gasteiger partial charge on any atom is -0.468 e. The van der Waals surface area contributed by atoms with Crippen molar-refractivity contribution in [2.75, 3.05) is 25.7 Å². The number of aromatic nitrogens is 2. The maximum absolute atomic E-state index is 12.2. The second-order valence-electron chi connectivity index (χ2n) is 8.33. The summed E-state index contributed by atoms with van der Waals surface area (Å²) in [5.41, 5.74) is 0.793. The van der Waals surface area contributed by atoms with E-state index in [1.165, 1.54) is 53.7 Å². The minimum absolute atomic E-state index is 0. The predicted molar refractivity (Wildman–Crippen MR) is 181 cm³/mol. The van der Waals surface area contributed by atoms with E-state index in [1.807, 2.05) is 0 Å². The Morgan fingerprint density at radius 3 is 1.67 bits per heavy atom. The van der Waals surface area contributed by atoms with Crippen LogP contribution in [-0.2, 0) is 33.2 Å². The molecule has 0 amide bonds. The van der Waals surface area contributed by atoms with E-state index in [9.17, 15) is 39.4 Å². The van der Waals surface area contributed by atoms with Crippen molar-refractivity contribution in [1.29, 1.82) is 0 Å². The van der Waals surface area contributed by atoms with E-state index in [0.29, 0.717) is 31.2 Å². The highest BCUT2D eigenvalue weighted by Crippen LogP contribution is 2.24. The maximum atomic E-state index is 12.2. The summed E-state index contributed by atoms with van der Waals surface area (Å²) in [6, 6.07) is 11.8. The zero-order valence-electron chi connectivity index (χ0n) is 23.1. The molecule has 0 unspecified atom stereocenters. The molecule has 2 heterocycles. The van der Waals surface area contributed by atoms with Gasteiger partial charge >= 0.3 is 11.9 Å². The average Bonchev–Trinajstić information content (AvgIpc) is 3.00. The van der Waals surface area contributed by atoms with Gasteiger partial charge in [-0.15, -0.1) is 11.8 Å². The summed E-state index contributed by atoms with van der Waals surface area (Å²) < 4.78 is 11.9. The van der Waals surface area contributed by atoms with Gasteiger partial charge in [0.1, 0.15) is 0 Å². The van der Waals surface area contributed by atoms with Crippen molar-refractivity contribution in [1.82, 2.24) is 9.13 Å². The SMILES string of the molecule is C.C.COC(=O)CS.COC(=O)CSc1cc2cc([N+](=O)[O-])ccc2n(C)c1=O.Cn1c(=O)c(Br)cc2cc([N+](=O)[O-])ccc21. The highest BCUT2D eigenvalue weighted by molar-refractivity contribution is 9.10. The molecule has 0 atom stereocenters. The molecule has 0 spiro atoms. The summed E-state index contributed by atoms with van der Waals surface area (Å²) in [7, 11) is 5.81. The highest BCUT2D eigenvalue weighted by Gasteiger charge is 2.13. The maximum Gasteiger partial charge on any atom is 0.315 e. The van der Waals surface area contributed by atoms with Crippen LogP contribution in [0, 0.1) is 20.2 Å². The molecule has 0 saturated carbocycles. The van der Waals surface area contributed by atoms with E-state index >= 15 is 0 Å². The van der Waals surface area contributed by atoms with E-state index in [0.717, 1.165) is 11.8 Å². The average molecular weight is 730 g/mol. The molecule has 0 aliphatic carbocycles. The van der Waals surface area contributed by atoms with E-state index < -0.39 is 15.8 Å². The predicted octanol–water partition coefficient (Wildman–Crippen LogP) is 5.28. The number of methoxy groups -OCH3 is 2. The van der Waals surface area contributed by atoms with Crippen LogP contribution in [0.15, 0.2) is 67.5 Å². The molecule has 2 aromatic heterocycles. The Morgan fingerprint density at radius 1 is 0.822 bits per heavy atom. The molecule has 0 N–H and O–H groups in total. The summed E-state index contributed by atoms with van der Waals surface area (Å²) in [6.45, 7) is 0. The summed E-state index contributed by atoms with van der Waals surface area (Å²) in [5.74, 6) is -0.567. The largest absolute Gasteiger partial charge is 0.468 e. The second kappa shape index (κ2) is 18.6. The van der Waals surface area contributed by atoms with Crippen molar-refractivity contribution >= 4 is 85.4 Å². The molecule has 0 aliphatic rings. The number of fused-ring (bicyclic) bond motifs is 2. The van der Waals surface area contributed by atoms with Crippen LogP contribution in [0.3, 0.4) is 0 Å². The number of non-ortho nitro benzene ring substituents is 2. The van der Waals surface area contributed by atoms with Crippen LogP contribution in [0.25, 0.3) is 21.8 Å². The van der Waals surface area contributed by atoms with Gasteiger partial charge < -0.3 is 18.6 Å². The molecule has 0 bridgehead atoms. The Kier molecular flexibility index (Phi) is 16.8. The Hall–Kier alpha value is -4.22. The fraction of sp³-hybridized carbons (Fsp3) is 0.286. The van der Waals surface area contributed by atoms with Crippen molar-refractivity contribution in [2.24, 2.45) is 14.1 Å². The number of rotatable bonds is 6. The van der Waals surface area contributed by atoms with Gasteiger partial charge in [0.05, 0.1) is 56.0 Å². The van der Waals surface area contributed by atoms with E-state index in [2.05, 4.69) is 38.0 Å². The fourth-order valence-corrected chi connectivity index (χ4v) is 4.97. The van der Waals surface area contributed by atoms with Crippen molar-refractivity contribution in [3.8, 4) is 0 Å². The standard InChI is InChI=1S/C13H12N2O5S.C10H7BrN2O3.C3H6O2S.2CH4/c1-14-10-4-3-9(15(18)19)5-8(10)6-11(13(14)17)21-7-12(16)20-2;1-12-9-3-2-7(13(15)16)4-6(9)5-8(11)10(12)14;1-5-3(4)2-6;;/h3-6H,7H2,1-2H3;2-5H,1H3;6H,2H2,1H3;2*1H4. The first-order chi connectivity index (χ1) is 20.2. The van der Waals surface area contributed by atoms with Gasteiger partial charge in [0.2, 0.25) is 0 Å². The quantitative estimate of drug-likeness (QED) is 0.0896. The molecule has 14 nitrogen and oxygen atoms in total. The van der Waals surface area contributed by atoms with Gasteiger partial charge in [0, 0.05) is 49.1 Å². The van der Waals surface area contributed by atoms with Gasteiger partial charge in [-0.25, -0.2) is 0 Å². The number of carbonyl (C=O) groups excluding carboxylic acids is 2. The monoisotopic (exact) mass is 728 g/mol. The first kappa shape index (κ1) is 40.8. The van der Waals surface area contributed by atoms with Gasteiger partial charge in [-0.3, -0.25) is 39.4 Å². The summed E-state index contributed by atoms with van der Waals surface area (Å²) in [6.07, 6.45) is 0. The molecule has 0 radical (unpaired) electrons. The number of thiol groups is 1. The lowest BCUT2D eigenvalue weighted by atomic mass is 10.2. The molecule has 0 saturated heterocycles. The zero-order valence-corrected chi connectivity index (χ0v) is 26.4.